The summed E-state index contributed by atoms with van der Waals surface area (Å²) in [5.41, 5.74) is 2.64. The number of H-pyrrole nitrogens is 1. The summed E-state index contributed by atoms with van der Waals surface area (Å²) in [5, 5.41) is 12.1. The molecule has 2 N–H and O–H groups in total. The number of amides is 1. The van der Waals surface area contributed by atoms with Crippen molar-refractivity contribution in [2.24, 2.45) is 0 Å². The number of hydrogen-bond acceptors (Lipinski definition) is 5. The first-order valence-electron chi connectivity index (χ1n) is 10.5. The summed E-state index contributed by atoms with van der Waals surface area (Å²) < 4.78 is 5.20. The van der Waals surface area contributed by atoms with Crippen LogP contribution in [0.5, 0.6) is 5.75 Å². The van der Waals surface area contributed by atoms with Crippen LogP contribution in [0.2, 0.25) is 0 Å². The molecule has 0 radical (unpaired) electrons. The molecule has 1 aliphatic rings. The minimum absolute atomic E-state index is 0.0250. The van der Waals surface area contributed by atoms with Gasteiger partial charge in [0.05, 0.1) is 18.4 Å². The minimum atomic E-state index is -0.818. The number of carbonyl (C=O) groups is 2. The first-order valence-corrected chi connectivity index (χ1v) is 10.5. The van der Waals surface area contributed by atoms with E-state index in [-0.39, 0.29) is 17.9 Å². The second-order valence-corrected chi connectivity index (χ2v) is 7.78. The Labute approximate surface area is 190 Å². The maximum atomic E-state index is 13.2. The van der Waals surface area contributed by atoms with Gasteiger partial charge < -0.3 is 19.7 Å². The lowest BCUT2D eigenvalue weighted by Gasteiger charge is -2.24. The molecular weight excluding hydrogens is 418 g/mol. The number of rotatable bonds is 5. The summed E-state index contributed by atoms with van der Waals surface area (Å²) >= 11 is 0. The Morgan fingerprint density at radius 1 is 1.06 bits per heavy atom. The predicted molar refractivity (Wildman–Crippen MR) is 123 cm³/mol. The second-order valence-electron chi connectivity index (χ2n) is 7.78. The molecule has 5 rings (SSSR count). The lowest BCUT2D eigenvalue weighted by atomic mass is 9.98. The van der Waals surface area contributed by atoms with E-state index in [1.807, 2.05) is 36.4 Å². The zero-order valence-corrected chi connectivity index (χ0v) is 17.9. The van der Waals surface area contributed by atoms with Crippen molar-refractivity contribution >= 4 is 28.4 Å². The molecule has 7 heteroatoms. The number of ketones is 1. The Balaban J connectivity index is 1.64. The molecule has 2 aromatic carbocycles. The fraction of sp³-hybridized carbons (Fsp3) is 0.115. The largest absolute Gasteiger partial charge is 0.507 e. The van der Waals surface area contributed by atoms with Gasteiger partial charge in [-0.1, -0.05) is 36.4 Å². The number of ether oxygens (including phenoxy) is 1. The van der Waals surface area contributed by atoms with Crippen molar-refractivity contribution in [3.8, 4) is 5.75 Å². The molecule has 1 fully saturated rings. The van der Waals surface area contributed by atoms with Crippen LogP contribution in [0, 0.1) is 0 Å². The normalized spacial score (nSPS) is 17.6. The van der Waals surface area contributed by atoms with Crippen LogP contribution in [0.15, 0.2) is 84.7 Å². The maximum Gasteiger partial charge on any atom is 0.296 e. The molecule has 0 bridgehead atoms. The van der Waals surface area contributed by atoms with Crippen molar-refractivity contribution in [3.05, 3.63) is 102 Å². The Kier molecular flexibility index (Phi) is 5.14. The maximum absolute atomic E-state index is 13.2. The predicted octanol–water partition coefficient (Wildman–Crippen LogP) is 4.19. The number of methoxy groups -OCH3 is 1. The highest BCUT2D eigenvalue weighted by atomic mass is 16.5. The number of carbonyl (C=O) groups excluding carboxylic acids is 2. The van der Waals surface area contributed by atoms with Gasteiger partial charge in [-0.25, -0.2) is 0 Å². The van der Waals surface area contributed by atoms with E-state index in [1.54, 1.807) is 49.8 Å². The van der Waals surface area contributed by atoms with Crippen LogP contribution in [0.25, 0.3) is 16.7 Å². The summed E-state index contributed by atoms with van der Waals surface area (Å²) in [7, 11) is 1.58. The zero-order valence-electron chi connectivity index (χ0n) is 17.9. The molecule has 0 saturated carbocycles. The van der Waals surface area contributed by atoms with Crippen LogP contribution in [-0.2, 0) is 16.1 Å². The molecule has 0 spiro atoms. The van der Waals surface area contributed by atoms with Gasteiger partial charge in [0, 0.05) is 35.4 Å². The third-order valence-electron chi connectivity index (χ3n) is 5.86. The molecule has 2 aromatic heterocycles. The number of aromatic amines is 1. The molecule has 0 aliphatic carbocycles. The van der Waals surface area contributed by atoms with E-state index >= 15 is 0 Å². The number of benzene rings is 2. The van der Waals surface area contributed by atoms with Crippen LogP contribution in [0.4, 0.5) is 0 Å². The molecule has 1 saturated heterocycles. The lowest BCUT2D eigenvalue weighted by molar-refractivity contribution is -0.140. The number of Topliss-reactive ketones (excluding diaryl/α,β-unsaturated/α-hetero) is 1. The van der Waals surface area contributed by atoms with Crippen LogP contribution in [-0.4, -0.2) is 38.8 Å². The number of aliphatic hydroxyl groups is 1. The molecular formula is C26H21N3O4. The van der Waals surface area contributed by atoms with Crippen LogP contribution >= 0.6 is 0 Å². The smallest absolute Gasteiger partial charge is 0.296 e. The Morgan fingerprint density at radius 3 is 2.55 bits per heavy atom. The van der Waals surface area contributed by atoms with Crippen molar-refractivity contribution in [1.82, 2.24) is 14.9 Å². The summed E-state index contributed by atoms with van der Waals surface area (Å²) in [6.07, 6.45) is 3.25. The van der Waals surface area contributed by atoms with Gasteiger partial charge in [-0.2, -0.15) is 0 Å². The van der Waals surface area contributed by atoms with Gasteiger partial charge in [-0.15, -0.1) is 0 Å². The van der Waals surface area contributed by atoms with E-state index in [0.717, 1.165) is 16.5 Å². The monoisotopic (exact) mass is 439 g/mol. The van der Waals surface area contributed by atoms with Crippen LogP contribution in [0.1, 0.15) is 22.9 Å². The quantitative estimate of drug-likeness (QED) is 0.276. The minimum Gasteiger partial charge on any atom is -0.507 e. The number of hydrogen-bond donors (Lipinski definition) is 2. The molecule has 1 amide bonds. The van der Waals surface area contributed by atoms with Crippen molar-refractivity contribution in [2.45, 2.75) is 12.6 Å². The second kappa shape index (κ2) is 8.27. The van der Waals surface area contributed by atoms with E-state index in [4.69, 9.17) is 4.74 Å². The number of pyridine rings is 1. The topological polar surface area (TPSA) is 95.5 Å². The van der Waals surface area contributed by atoms with E-state index in [9.17, 15) is 14.7 Å². The van der Waals surface area contributed by atoms with Crippen molar-refractivity contribution in [1.29, 1.82) is 0 Å². The molecule has 3 heterocycles. The fourth-order valence-corrected chi connectivity index (χ4v) is 4.23. The molecule has 1 atom stereocenters. The van der Waals surface area contributed by atoms with E-state index in [2.05, 4.69) is 9.97 Å². The van der Waals surface area contributed by atoms with Crippen molar-refractivity contribution in [2.75, 3.05) is 7.11 Å². The average molecular weight is 439 g/mol. The molecule has 164 valence electrons. The highest BCUT2D eigenvalue weighted by Crippen LogP contribution is 2.40. The number of nitrogens with one attached hydrogen (secondary N) is 1. The van der Waals surface area contributed by atoms with Crippen LogP contribution < -0.4 is 4.74 Å². The molecule has 1 aliphatic heterocycles. The number of fused-ring (bicyclic) bond motifs is 1. The molecule has 7 nitrogen and oxygen atoms in total. The fourth-order valence-electron chi connectivity index (χ4n) is 4.23. The first-order chi connectivity index (χ1) is 16.1. The number of aliphatic hydroxyl groups excluding tert-OH is 1. The molecule has 1 unspecified atom stereocenters. The van der Waals surface area contributed by atoms with E-state index < -0.39 is 17.7 Å². The van der Waals surface area contributed by atoms with Gasteiger partial charge in [0.1, 0.15) is 17.6 Å². The Bertz CT molecular complexity index is 1370. The Hall–Kier alpha value is -4.39. The molecule has 33 heavy (non-hydrogen) atoms. The van der Waals surface area contributed by atoms with Crippen molar-refractivity contribution in [3.63, 3.8) is 0 Å². The standard InChI is InChI=1S/C26H21N3O4/c1-33-17-11-9-16(10-12-17)15-29-23(21-8-4-5-13-27-21)22(25(31)26(29)32)24(30)19-14-28-20-7-3-2-6-18(19)20/h2-14,23,28,30H,15H2,1H3/b24-22-. The number of likely N-dealkylation sites (tertiary alicyclic amines) is 1. The summed E-state index contributed by atoms with van der Waals surface area (Å²) in [6, 6.07) is 19.2. The summed E-state index contributed by atoms with van der Waals surface area (Å²) in [6.45, 7) is 0.181. The van der Waals surface area contributed by atoms with Gasteiger partial charge in [-0.3, -0.25) is 14.6 Å². The van der Waals surface area contributed by atoms with Crippen molar-refractivity contribution < 1.29 is 19.4 Å². The van der Waals surface area contributed by atoms with E-state index in [0.29, 0.717) is 17.0 Å². The van der Waals surface area contributed by atoms with E-state index in [1.165, 1.54) is 4.90 Å². The average Bonchev–Trinajstić information content (AvgIpc) is 3.39. The first kappa shape index (κ1) is 20.5. The summed E-state index contributed by atoms with van der Waals surface area (Å²) in [5.74, 6) is -0.940. The Morgan fingerprint density at radius 2 is 1.82 bits per heavy atom. The zero-order chi connectivity index (χ0) is 22.9. The van der Waals surface area contributed by atoms with Gasteiger partial charge in [-0.05, 0) is 35.9 Å². The SMILES string of the molecule is COc1ccc(CN2C(=O)C(=O)/C(=C(\O)c3c[nH]c4ccccc34)C2c2ccccn2)cc1. The van der Waals surface area contributed by atoms with Gasteiger partial charge in [0.15, 0.2) is 0 Å². The van der Waals surface area contributed by atoms with Gasteiger partial charge in [0.25, 0.3) is 11.7 Å². The van der Waals surface area contributed by atoms with Gasteiger partial charge >= 0.3 is 0 Å². The van der Waals surface area contributed by atoms with Crippen LogP contribution in [0.3, 0.4) is 0 Å². The number of nitrogens with zero attached hydrogens (tertiary/aromatic N) is 2. The number of aromatic nitrogens is 2. The highest BCUT2D eigenvalue weighted by molar-refractivity contribution is 6.46. The van der Waals surface area contributed by atoms with Gasteiger partial charge in [0.2, 0.25) is 0 Å². The third-order valence-corrected chi connectivity index (χ3v) is 5.86. The molecule has 4 aromatic rings. The number of para-hydroxylation sites is 1. The third kappa shape index (κ3) is 3.53. The summed E-state index contributed by atoms with van der Waals surface area (Å²) in [4.78, 5) is 35.3. The lowest BCUT2D eigenvalue weighted by Crippen LogP contribution is -2.29. The highest BCUT2D eigenvalue weighted by Gasteiger charge is 2.46.